The molecule has 69 heavy (non-hydrogen) atoms. The Balaban J connectivity index is 0.837. The molecule has 0 bridgehead atoms. The molecule has 0 saturated carbocycles. The Kier molecular flexibility index (Phi) is 9.11. The van der Waals surface area contributed by atoms with Crippen molar-refractivity contribution < 1.29 is 19.2 Å². The van der Waals surface area contributed by atoms with Gasteiger partial charge in [0.1, 0.15) is 41.2 Å². The van der Waals surface area contributed by atoms with E-state index in [4.69, 9.17) is 0 Å². The maximum Gasteiger partial charge on any atom is 0.197 e. The number of fused-ring (bicyclic) bond motifs is 8. The third kappa shape index (κ3) is 6.06. The highest BCUT2D eigenvalue weighted by Crippen LogP contribution is 2.52. The molecule has 0 fully saturated rings. The van der Waals surface area contributed by atoms with Crippen LogP contribution in [0.15, 0.2) is 130 Å². The van der Waals surface area contributed by atoms with E-state index in [-0.39, 0.29) is 34.3 Å². The number of rotatable bonds is 5. The molecule has 0 unspecified atom stereocenters. The molecule has 6 nitrogen and oxygen atoms in total. The van der Waals surface area contributed by atoms with E-state index in [1.165, 1.54) is 51.2 Å². The van der Waals surface area contributed by atoms with Crippen molar-refractivity contribution in [2.75, 3.05) is 9.80 Å². The molecule has 14 rings (SSSR count). The Morgan fingerprint density at radius 2 is 0.913 bits per heavy atom. The molecule has 10 aromatic rings. The Hall–Kier alpha value is -5.73. The zero-order valence-electron chi connectivity index (χ0n) is 37.1. The number of nitrogens with zero attached hydrogens (tertiary/aromatic N) is 2. The number of ketones is 4. The first kappa shape index (κ1) is 42.2. The monoisotopic (exact) mass is 1050 g/mol. The minimum atomic E-state index is -2.18. The summed E-state index contributed by atoms with van der Waals surface area (Å²) in [6, 6.07) is 35.8. The van der Waals surface area contributed by atoms with Crippen LogP contribution in [0.3, 0.4) is 0 Å². The van der Waals surface area contributed by atoms with E-state index in [0.29, 0.717) is 22.3 Å². The number of para-hydroxylation sites is 1. The fraction of sp³-hybridized carbons (Fsp3) is 0.0741. The van der Waals surface area contributed by atoms with Crippen molar-refractivity contribution in [2.45, 2.75) is 26.2 Å². The first-order valence-electron chi connectivity index (χ1n) is 22.2. The van der Waals surface area contributed by atoms with Gasteiger partial charge in [0.15, 0.2) is 23.1 Å². The highest BCUT2D eigenvalue weighted by atomic mass is 32.1. The van der Waals surface area contributed by atoms with Gasteiger partial charge in [0.2, 0.25) is 0 Å². The normalized spacial score (nSPS) is 17.6. The summed E-state index contributed by atoms with van der Waals surface area (Å²) in [5.41, 5.74) is 3.59. The molecular formula is C54H34N2O4S7Si2. The van der Waals surface area contributed by atoms with E-state index in [2.05, 4.69) is 96.0 Å². The van der Waals surface area contributed by atoms with Crippen LogP contribution in [0.5, 0.6) is 0 Å². The maximum absolute atomic E-state index is 13.7. The molecule has 15 heteroatoms. The number of carbonyl (C=O) groups excluding carboxylic acids is 4. The molecule has 9 heterocycles. The van der Waals surface area contributed by atoms with Gasteiger partial charge >= 0.3 is 0 Å². The van der Waals surface area contributed by atoms with Gasteiger partial charge in [-0.15, -0.1) is 79.4 Å². The van der Waals surface area contributed by atoms with Crippen LogP contribution >= 0.6 is 79.4 Å². The number of Topliss-reactive ketones (excluding diaryl/α,β-unsaturated/α-hetero) is 4. The first-order chi connectivity index (χ1) is 33.3. The van der Waals surface area contributed by atoms with Crippen LogP contribution in [0.2, 0.25) is 26.2 Å². The van der Waals surface area contributed by atoms with E-state index < -0.39 is 16.1 Å². The van der Waals surface area contributed by atoms with Gasteiger partial charge in [-0.1, -0.05) is 44.4 Å². The Labute approximate surface area is 426 Å². The van der Waals surface area contributed by atoms with Gasteiger partial charge in [-0.25, -0.2) is 0 Å². The average molecular weight is 1060 g/mol. The van der Waals surface area contributed by atoms with Crippen LogP contribution in [0.4, 0.5) is 30.7 Å². The highest BCUT2D eigenvalue weighted by molar-refractivity contribution is 7.31. The van der Waals surface area contributed by atoms with Gasteiger partial charge < -0.3 is 0 Å². The van der Waals surface area contributed by atoms with Crippen molar-refractivity contribution in [3.63, 3.8) is 0 Å². The van der Waals surface area contributed by atoms with E-state index >= 15 is 0 Å². The molecule has 2 aliphatic carbocycles. The number of benzene rings is 3. The highest BCUT2D eigenvalue weighted by Gasteiger charge is 2.44. The smallest absolute Gasteiger partial charge is 0.197 e. The minimum absolute atomic E-state index is 0.205. The molecule has 2 aliphatic heterocycles. The Bertz CT molecular complexity index is 3940. The summed E-state index contributed by atoms with van der Waals surface area (Å²) in [6.07, 6.45) is 3.58. The molecule has 0 saturated heterocycles. The number of allylic oxidation sites excluding steroid dienone is 2. The molecule has 0 radical (unpaired) electrons. The summed E-state index contributed by atoms with van der Waals surface area (Å²) >= 11 is 11.8. The van der Waals surface area contributed by atoms with Crippen molar-refractivity contribution in [3.05, 3.63) is 162 Å². The summed E-state index contributed by atoms with van der Waals surface area (Å²) in [5.74, 6) is -0.831. The second kappa shape index (κ2) is 14.9. The SMILES string of the molecule is C[Si]1(C)c2ccccc2N(c2ccc(/C=C3\C(=O)c4cc5ccsc5cc4C3=O)s2)c2sc(-c3cc4c(s3)N(c3ccc(/C=C5\C(=O)c6cc7ccsc7cc6C5=O)s3)c3sccc3[Si]4(C)C)cc21. The summed E-state index contributed by atoms with van der Waals surface area (Å²) in [4.78, 5) is 63.9. The van der Waals surface area contributed by atoms with Crippen molar-refractivity contribution in [2.24, 2.45) is 0 Å². The predicted molar refractivity (Wildman–Crippen MR) is 301 cm³/mol. The van der Waals surface area contributed by atoms with E-state index in [0.717, 1.165) is 39.9 Å². The molecule has 3 aromatic carbocycles. The van der Waals surface area contributed by atoms with Crippen molar-refractivity contribution in [1.29, 1.82) is 0 Å². The lowest BCUT2D eigenvalue weighted by Gasteiger charge is -2.38. The van der Waals surface area contributed by atoms with Crippen LogP contribution in [-0.4, -0.2) is 39.3 Å². The molecule has 0 spiro atoms. The van der Waals surface area contributed by atoms with E-state index in [1.807, 2.05) is 82.0 Å². The van der Waals surface area contributed by atoms with E-state index in [9.17, 15) is 19.2 Å². The van der Waals surface area contributed by atoms with Gasteiger partial charge in [0.05, 0.1) is 11.1 Å². The van der Waals surface area contributed by atoms with Crippen LogP contribution in [-0.2, 0) is 0 Å². The Morgan fingerprint density at radius 3 is 1.48 bits per heavy atom. The van der Waals surface area contributed by atoms with Crippen molar-refractivity contribution >= 4 is 202 Å². The topological polar surface area (TPSA) is 74.8 Å². The number of thiophene rings is 7. The van der Waals surface area contributed by atoms with Gasteiger partial charge in [0, 0.05) is 56.8 Å². The summed E-state index contributed by atoms with van der Waals surface area (Å²) in [5, 5.41) is 19.5. The molecule has 4 aliphatic rings. The number of carbonyl (C=O) groups is 4. The zero-order valence-corrected chi connectivity index (χ0v) is 44.8. The molecule has 0 atom stereocenters. The number of hydrogen-bond donors (Lipinski definition) is 0. The maximum atomic E-state index is 13.7. The number of hydrogen-bond acceptors (Lipinski definition) is 13. The van der Waals surface area contributed by atoms with Gasteiger partial charge in [-0.05, 0) is 145 Å². The summed E-state index contributed by atoms with van der Waals surface area (Å²) in [6.45, 7) is 9.82. The molecular weight excluding hydrogens is 1020 g/mol. The second-order valence-electron chi connectivity index (χ2n) is 18.7. The molecule has 0 amide bonds. The van der Waals surface area contributed by atoms with Crippen LogP contribution in [0.1, 0.15) is 51.2 Å². The summed E-state index contributed by atoms with van der Waals surface area (Å²) < 4.78 is 2.02. The quantitative estimate of drug-likeness (QED) is 0.0971. The minimum Gasteiger partial charge on any atom is -0.293 e. The lowest BCUT2D eigenvalue weighted by molar-refractivity contribution is 0.0975. The largest absolute Gasteiger partial charge is 0.293 e. The van der Waals surface area contributed by atoms with Crippen molar-refractivity contribution in [3.8, 4) is 9.75 Å². The average Bonchev–Trinajstić information content (AvgIpc) is 4.19. The van der Waals surface area contributed by atoms with Gasteiger partial charge in [0.25, 0.3) is 0 Å². The Morgan fingerprint density at radius 1 is 0.435 bits per heavy atom. The zero-order chi connectivity index (χ0) is 46.8. The lowest BCUT2D eigenvalue weighted by Crippen LogP contribution is -2.57. The second-order valence-corrected chi connectivity index (χ2v) is 34.4. The first-order valence-corrected chi connectivity index (χ1v) is 34.1. The van der Waals surface area contributed by atoms with Crippen LogP contribution in [0.25, 0.3) is 42.1 Å². The predicted octanol–water partition coefficient (Wildman–Crippen LogP) is 14.2. The van der Waals surface area contributed by atoms with Gasteiger partial charge in [-0.2, -0.15) is 0 Å². The standard InChI is InChI=1S/C54H34N2O4S7Si2/c1-68(2)42-8-6-5-7-37(42)55(46-11-9-29(64-46)21-35-48(57)31-19-27-13-16-61-38(27)23-33(31)50(35)59)53-44(68)25-40(66-53)41-26-45-54(67-41)56(52-43(15-18-63-52)69(45,3)4)47-12-10-30(65-47)22-36-49(58)32-20-28-14-17-62-39(28)24-34(32)51(36)60/h5-26H,1-4H3/b35-21+,36-22+. The number of anilines is 6. The van der Waals surface area contributed by atoms with Gasteiger partial charge in [-0.3, -0.25) is 29.0 Å². The molecule has 7 aromatic heterocycles. The third-order valence-electron chi connectivity index (χ3n) is 14.1. The lowest BCUT2D eigenvalue weighted by atomic mass is 10.1. The molecule has 0 N–H and O–H groups in total. The fourth-order valence-corrected chi connectivity index (χ4v) is 25.8. The summed E-state index contributed by atoms with van der Waals surface area (Å²) in [7, 11) is -4.32. The van der Waals surface area contributed by atoms with Crippen LogP contribution < -0.4 is 30.5 Å². The fourth-order valence-electron chi connectivity index (χ4n) is 10.5. The van der Waals surface area contributed by atoms with Crippen LogP contribution in [0, 0.1) is 0 Å². The third-order valence-corrected chi connectivity index (χ3v) is 28.8. The van der Waals surface area contributed by atoms with Crippen molar-refractivity contribution in [1.82, 2.24) is 0 Å². The van der Waals surface area contributed by atoms with E-state index in [1.54, 1.807) is 68.8 Å². The molecule has 334 valence electrons.